The van der Waals surface area contributed by atoms with Gasteiger partial charge < -0.3 is 4.90 Å². The topological polar surface area (TPSA) is 23.6 Å². The van der Waals surface area contributed by atoms with Gasteiger partial charge in [0.2, 0.25) is 5.91 Å². The fourth-order valence-corrected chi connectivity index (χ4v) is 3.38. The zero-order chi connectivity index (χ0) is 17.5. The van der Waals surface area contributed by atoms with Crippen molar-refractivity contribution in [1.29, 1.82) is 0 Å². The van der Waals surface area contributed by atoms with E-state index in [0.717, 1.165) is 50.6 Å². The molecule has 1 amide bonds. The van der Waals surface area contributed by atoms with Crippen molar-refractivity contribution in [3.05, 3.63) is 70.7 Å². The molecule has 0 aromatic heterocycles. The highest BCUT2D eigenvalue weighted by Gasteiger charge is 2.20. The lowest BCUT2D eigenvalue weighted by atomic mass is 10.1. The third-order valence-electron chi connectivity index (χ3n) is 4.74. The molecule has 0 N–H and O–H groups in total. The van der Waals surface area contributed by atoms with E-state index in [9.17, 15) is 4.79 Å². The van der Waals surface area contributed by atoms with Gasteiger partial charge in [0.15, 0.2) is 0 Å². The Morgan fingerprint density at radius 2 is 1.56 bits per heavy atom. The number of halogens is 1. The molecule has 0 bridgehead atoms. The van der Waals surface area contributed by atoms with Gasteiger partial charge in [0, 0.05) is 44.2 Å². The monoisotopic (exact) mass is 356 g/mol. The number of piperazine rings is 1. The standard InChI is InChI=1S/C21H25ClN2O/c22-20-11-9-18(10-12-20)7-4-8-21(25)24-15-13-23(14-16-24)17-19-5-2-1-3-6-19/h1-3,5-6,9-12H,4,7-8,13-17H2. The second-order valence-corrected chi connectivity index (χ2v) is 7.06. The Bertz CT molecular complexity index is 664. The van der Waals surface area contributed by atoms with E-state index in [-0.39, 0.29) is 5.91 Å². The maximum Gasteiger partial charge on any atom is 0.222 e. The third kappa shape index (κ3) is 5.58. The first-order valence-corrected chi connectivity index (χ1v) is 9.37. The molecule has 2 aromatic carbocycles. The molecular formula is C21H25ClN2O. The lowest BCUT2D eigenvalue weighted by Gasteiger charge is -2.34. The van der Waals surface area contributed by atoms with E-state index in [1.54, 1.807) is 0 Å². The van der Waals surface area contributed by atoms with Crippen LogP contribution in [0.4, 0.5) is 0 Å². The van der Waals surface area contributed by atoms with Crippen LogP contribution in [-0.4, -0.2) is 41.9 Å². The van der Waals surface area contributed by atoms with Crippen LogP contribution in [0, 0.1) is 0 Å². The minimum atomic E-state index is 0.285. The molecular weight excluding hydrogens is 332 g/mol. The van der Waals surface area contributed by atoms with Crippen LogP contribution in [-0.2, 0) is 17.8 Å². The zero-order valence-electron chi connectivity index (χ0n) is 14.5. The maximum atomic E-state index is 12.4. The van der Waals surface area contributed by atoms with Gasteiger partial charge in [-0.2, -0.15) is 0 Å². The number of hydrogen-bond acceptors (Lipinski definition) is 2. The molecule has 3 nitrogen and oxygen atoms in total. The Morgan fingerprint density at radius 1 is 0.880 bits per heavy atom. The molecule has 25 heavy (non-hydrogen) atoms. The summed E-state index contributed by atoms with van der Waals surface area (Å²) in [7, 11) is 0. The molecule has 0 unspecified atom stereocenters. The molecule has 3 rings (SSSR count). The van der Waals surface area contributed by atoms with E-state index in [1.807, 2.05) is 35.2 Å². The molecule has 1 aliphatic rings. The predicted molar refractivity (Wildman–Crippen MR) is 103 cm³/mol. The molecule has 1 fully saturated rings. The van der Waals surface area contributed by atoms with Crippen LogP contribution in [0.15, 0.2) is 54.6 Å². The quantitative estimate of drug-likeness (QED) is 0.780. The zero-order valence-corrected chi connectivity index (χ0v) is 15.3. The van der Waals surface area contributed by atoms with Gasteiger partial charge in [-0.1, -0.05) is 54.1 Å². The van der Waals surface area contributed by atoms with Crippen LogP contribution in [0.2, 0.25) is 5.02 Å². The number of rotatable bonds is 6. The van der Waals surface area contributed by atoms with E-state index < -0.39 is 0 Å². The van der Waals surface area contributed by atoms with E-state index in [0.29, 0.717) is 6.42 Å². The van der Waals surface area contributed by atoms with E-state index >= 15 is 0 Å². The van der Waals surface area contributed by atoms with Gasteiger partial charge in [-0.05, 0) is 36.1 Å². The minimum absolute atomic E-state index is 0.285. The van der Waals surface area contributed by atoms with Crippen molar-refractivity contribution < 1.29 is 4.79 Å². The van der Waals surface area contributed by atoms with Crippen molar-refractivity contribution in [3.8, 4) is 0 Å². The summed E-state index contributed by atoms with van der Waals surface area (Å²) in [5.74, 6) is 0.285. The maximum absolute atomic E-state index is 12.4. The summed E-state index contributed by atoms with van der Waals surface area (Å²) in [6, 6.07) is 18.4. The SMILES string of the molecule is O=C(CCCc1ccc(Cl)cc1)N1CCN(Cc2ccccc2)CC1. The highest BCUT2D eigenvalue weighted by molar-refractivity contribution is 6.30. The third-order valence-corrected chi connectivity index (χ3v) is 5.00. The summed E-state index contributed by atoms with van der Waals surface area (Å²) in [6.45, 7) is 4.56. The van der Waals surface area contributed by atoms with Crippen molar-refractivity contribution in [2.45, 2.75) is 25.8 Å². The van der Waals surface area contributed by atoms with Crippen molar-refractivity contribution in [3.63, 3.8) is 0 Å². The van der Waals surface area contributed by atoms with Crippen LogP contribution in [0.3, 0.4) is 0 Å². The molecule has 1 saturated heterocycles. The van der Waals surface area contributed by atoms with Gasteiger partial charge in [-0.15, -0.1) is 0 Å². The number of benzene rings is 2. The summed E-state index contributed by atoms with van der Waals surface area (Å²) in [6.07, 6.45) is 2.45. The number of nitrogens with zero attached hydrogens (tertiary/aromatic N) is 2. The van der Waals surface area contributed by atoms with Gasteiger partial charge in [-0.3, -0.25) is 9.69 Å². The van der Waals surface area contributed by atoms with E-state index in [2.05, 4.69) is 29.2 Å². The average molecular weight is 357 g/mol. The van der Waals surface area contributed by atoms with Gasteiger partial charge in [0.1, 0.15) is 0 Å². The molecule has 4 heteroatoms. The number of carbonyl (C=O) groups is 1. The summed E-state index contributed by atoms with van der Waals surface area (Å²) in [4.78, 5) is 16.8. The first kappa shape index (κ1) is 18.0. The molecule has 1 aliphatic heterocycles. The summed E-state index contributed by atoms with van der Waals surface area (Å²) >= 11 is 5.90. The molecule has 132 valence electrons. The van der Waals surface area contributed by atoms with E-state index in [4.69, 9.17) is 11.6 Å². The molecule has 0 radical (unpaired) electrons. The van der Waals surface area contributed by atoms with Crippen molar-refractivity contribution in [1.82, 2.24) is 9.80 Å². The highest BCUT2D eigenvalue weighted by atomic mass is 35.5. The fourth-order valence-electron chi connectivity index (χ4n) is 3.25. The van der Waals surface area contributed by atoms with Gasteiger partial charge in [0.05, 0.1) is 0 Å². The van der Waals surface area contributed by atoms with Crippen molar-refractivity contribution in [2.75, 3.05) is 26.2 Å². The second-order valence-electron chi connectivity index (χ2n) is 6.62. The van der Waals surface area contributed by atoms with Gasteiger partial charge in [0.25, 0.3) is 0 Å². The van der Waals surface area contributed by atoms with Crippen LogP contribution < -0.4 is 0 Å². The van der Waals surface area contributed by atoms with Gasteiger partial charge in [-0.25, -0.2) is 0 Å². The lowest BCUT2D eigenvalue weighted by molar-refractivity contribution is -0.133. The van der Waals surface area contributed by atoms with Crippen LogP contribution in [0.1, 0.15) is 24.0 Å². The summed E-state index contributed by atoms with van der Waals surface area (Å²) < 4.78 is 0. The first-order valence-electron chi connectivity index (χ1n) is 8.99. The Hall–Kier alpha value is -1.84. The van der Waals surface area contributed by atoms with Crippen LogP contribution in [0.25, 0.3) is 0 Å². The molecule has 0 atom stereocenters. The molecule has 0 spiro atoms. The summed E-state index contributed by atoms with van der Waals surface area (Å²) in [5.41, 5.74) is 2.58. The number of carbonyl (C=O) groups excluding carboxylic acids is 1. The normalized spacial score (nSPS) is 15.3. The largest absolute Gasteiger partial charge is 0.340 e. The fraction of sp³-hybridized carbons (Fsp3) is 0.381. The Labute approximate surface area is 155 Å². The minimum Gasteiger partial charge on any atom is -0.340 e. The Balaban J connectivity index is 1.37. The number of hydrogen-bond donors (Lipinski definition) is 0. The molecule has 0 aliphatic carbocycles. The Kier molecular flexibility index (Phi) is 6.48. The smallest absolute Gasteiger partial charge is 0.222 e. The first-order chi connectivity index (χ1) is 12.2. The van der Waals surface area contributed by atoms with Crippen molar-refractivity contribution >= 4 is 17.5 Å². The van der Waals surface area contributed by atoms with E-state index in [1.165, 1.54) is 11.1 Å². The van der Waals surface area contributed by atoms with Crippen molar-refractivity contribution in [2.24, 2.45) is 0 Å². The second kappa shape index (κ2) is 9.02. The highest BCUT2D eigenvalue weighted by Crippen LogP contribution is 2.13. The number of amides is 1. The number of aryl methyl sites for hydroxylation is 1. The average Bonchev–Trinajstić information content (AvgIpc) is 2.65. The van der Waals surface area contributed by atoms with Gasteiger partial charge >= 0.3 is 0 Å². The molecule has 0 saturated carbocycles. The molecule has 2 aromatic rings. The molecule has 1 heterocycles. The van der Waals surface area contributed by atoms with Crippen LogP contribution >= 0.6 is 11.6 Å². The summed E-state index contributed by atoms with van der Waals surface area (Å²) in [5, 5.41) is 0.758. The van der Waals surface area contributed by atoms with Crippen LogP contribution in [0.5, 0.6) is 0 Å². The Morgan fingerprint density at radius 3 is 2.24 bits per heavy atom. The predicted octanol–water partition coefficient (Wildman–Crippen LogP) is 4.01. The lowest BCUT2D eigenvalue weighted by Crippen LogP contribution is -2.48.